The van der Waals surface area contributed by atoms with Crippen molar-refractivity contribution in [3.05, 3.63) is 36.4 Å². The molecular weight excluding hydrogens is 508 g/mol. The van der Waals surface area contributed by atoms with Crippen molar-refractivity contribution < 1.29 is 19.4 Å². The standard InChI is InChI=1S/C30H52N6O4/c1-7-26(5)36(15-10-22-40-30(39)35-18-16-34(17-19-35)20-21-37)23-25(4)13-14-31-29(38)33(6)28-12-9-8-11-27(28)32-24(2)3/h8-9,11-12,24,26,32,37H,4,7,10,13-23H2,1-3,5-6H3,(H,31,38). The van der Waals surface area contributed by atoms with Crippen molar-refractivity contribution in [1.29, 1.82) is 0 Å². The molecule has 40 heavy (non-hydrogen) atoms. The van der Waals surface area contributed by atoms with E-state index in [0.29, 0.717) is 45.2 Å². The summed E-state index contributed by atoms with van der Waals surface area (Å²) in [5.41, 5.74) is 2.82. The number of benzene rings is 1. The van der Waals surface area contributed by atoms with E-state index in [1.165, 1.54) is 0 Å². The molecule has 1 saturated heterocycles. The Hall–Kier alpha value is -2.82. The first-order valence-electron chi connectivity index (χ1n) is 14.7. The first-order valence-corrected chi connectivity index (χ1v) is 14.7. The number of β-amino-alcohol motifs (C(OH)–C–C–N with tert-alkyl or cyclic N) is 1. The third-order valence-electron chi connectivity index (χ3n) is 7.27. The molecule has 0 aromatic heterocycles. The molecule has 10 nitrogen and oxygen atoms in total. The summed E-state index contributed by atoms with van der Waals surface area (Å²) in [7, 11) is 1.78. The van der Waals surface area contributed by atoms with Gasteiger partial charge in [0.2, 0.25) is 0 Å². The van der Waals surface area contributed by atoms with Crippen LogP contribution in [-0.2, 0) is 4.74 Å². The fourth-order valence-electron chi connectivity index (χ4n) is 4.67. The molecule has 0 radical (unpaired) electrons. The average Bonchev–Trinajstić information content (AvgIpc) is 2.94. The maximum Gasteiger partial charge on any atom is 0.409 e. The molecule has 10 heteroatoms. The molecule has 0 aliphatic carbocycles. The molecule has 0 saturated carbocycles. The van der Waals surface area contributed by atoms with Crippen LogP contribution in [0, 0.1) is 0 Å². The minimum absolute atomic E-state index is 0.140. The molecule has 2 rings (SSSR count). The smallest absolute Gasteiger partial charge is 0.409 e. The van der Waals surface area contributed by atoms with Crippen LogP contribution < -0.4 is 15.5 Å². The van der Waals surface area contributed by atoms with E-state index in [1.54, 1.807) is 16.8 Å². The molecule has 1 fully saturated rings. The van der Waals surface area contributed by atoms with Crippen molar-refractivity contribution in [2.45, 2.75) is 59.0 Å². The number of hydrogen-bond acceptors (Lipinski definition) is 7. The van der Waals surface area contributed by atoms with E-state index in [4.69, 9.17) is 9.84 Å². The number of carbonyl (C=O) groups is 2. The maximum absolute atomic E-state index is 12.8. The highest BCUT2D eigenvalue weighted by Crippen LogP contribution is 2.25. The van der Waals surface area contributed by atoms with Crippen molar-refractivity contribution in [3.8, 4) is 0 Å². The molecule has 1 aliphatic heterocycles. The number of aliphatic hydroxyl groups excluding tert-OH is 1. The van der Waals surface area contributed by atoms with Gasteiger partial charge in [0, 0.05) is 71.5 Å². The Morgan fingerprint density at radius 3 is 2.50 bits per heavy atom. The lowest BCUT2D eigenvalue weighted by molar-refractivity contribution is 0.0681. The summed E-state index contributed by atoms with van der Waals surface area (Å²) in [4.78, 5) is 33.1. The molecule has 3 N–H and O–H groups in total. The molecule has 3 amide bonds. The summed E-state index contributed by atoms with van der Waals surface area (Å²) in [6.45, 7) is 18.8. The number of para-hydroxylation sites is 2. The monoisotopic (exact) mass is 560 g/mol. The van der Waals surface area contributed by atoms with Crippen LogP contribution >= 0.6 is 0 Å². The minimum Gasteiger partial charge on any atom is -0.449 e. The van der Waals surface area contributed by atoms with Gasteiger partial charge in [0.05, 0.1) is 24.6 Å². The zero-order valence-electron chi connectivity index (χ0n) is 25.3. The predicted octanol–water partition coefficient (Wildman–Crippen LogP) is 3.84. The lowest BCUT2D eigenvalue weighted by Crippen LogP contribution is -2.49. The lowest BCUT2D eigenvalue weighted by Gasteiger charge is -2.33. The number of ether oxygens (including phenoxy) is 1. The van der Waals surface area contributed by atoms with Crippen molar-refractivity contribution in [3.63, 3.8) is 0 Å². The normalized spacial score (nSPS) is 14.8. The fourth-order valence-corrected chi connectivity index (χ4v) is 4.67. The van der Waals surface area contributed by atoms with Gasteiger partial charge in [0.25, 0.3) is 0 Å². The van der Waals surface area contributed by atoms with E-state index in [-0.39, 0.29) is 24.8 Å². The van der Waals surface area contributed by atoms with E-state index in [9.17, 15) is 9.59 Å². The number of amides is 3. The summed E-state index contributed by atoms with van der Waals surface area (Å²) in [5, 5.41) is 15.5. The molecule has 1 atom stereocenters. The van der Waals surface area contributed by atoms with Gasteiger partial charge in [-0.2, -0.15) is 0 Å². The van der Waals surface area contributed by atoms with Gasteiger partial charge < -0.3 is 25.4 Å². The lowest BCUT2D eigenvalue weighted by atomic mass is 10.1. The molecule has 1 heterocycles. The second-order valence-corrected chi connectivity index (χ2v) is 10.9. The van der Waals surface area contributed by atoms with Crippen LogP contribution in [0.15, 0.2) is 36.4 Å². The zero-order valence-corrected chi connectivity index (χ0v) is 25.3. The molecule has 1 aliphatic rings. The van der Waals surface area contributed by atoms with Crippen LogP contribution in [0.4, 0.5) is 21.0 Å². The number of aliphatic hydroxyl groups is 1. The van der Waals surface area contributed by atoms with Crippen molar-refractivity contribution in [2.75, 3.05) is 82.8 Å². The predicted molar refractivity (Wildman–Crippen MR) is 163 cm³/mol. The van der Waals surface area contributed by atoms with E-state index in [2.05, 4.69) is 54.7 Å². The van der Waals surface area contributed by atoms with Gasteiger partial charge in [-0.1, -0.05) is 31.2 Å². The number of carbonyl (C=O) groups excluding carboxylic acids is 2. The van der Waals surface area contributed by atoms with Crippen LogP contribution in [-0.4, -0.2) is 117 Å². The molecule has 1 unspecified atom stereocenters. The summed E-state index contributed by atoms with van der Waals surface area (Å²) < 4.78 is 5.54. The molecule has 1 aromatic rings. The largest absolute Gasteiger partial charge is 0.449 e. The number of anilines is 2. The molecular formula is C30H52N6O4. The topological polar surface area (TPSA) is 101 Å². The quantitative estimate of drug-likeness (QED) is 0.209. The molecule has 0 spiro atoms. The molecule has 1 aromatic carbocycles. The van der Waals surface area contributed by atoms with Crippen LogP contribution in [0.3, 0.4) is 0 Å². The second-order valence-electron chi connectivity index (χ2n) is 10.9. The van der Waals surface area contributed by atoms with E-state index in [0.717, 1.165) is 56.0 Å². The highest BCUT2D eigenvalue weighted by molar-refractivity contribution is 5.95. The van der Waals surface area contributed by atoms with Crippen LogP contribution in [0.25, 0.3) is 0 Å². The van der Waals surface area contributed by atoms with Gasteiger partial charge in [-0.15, -0.1) is 0 Å². The minimum atomic E-state index is -0.258. The Bertz CT molecular complexity index is 919. The summed E-state index contributed by atoms with van der Waals surface area (Å²) in [5.74, 6) is 0. The van der Waals surface area contributed by atoms with E-state index < -0.39 is 0 Å². The van der Waals surface area contributed by atoms with E-state index in [1.807, 2.05) is 24.3 Å². The highest BCUT2D eigenvalue weighted by atomic mass is 16.6. The number of piperazine rings is 1. The Balaban J connectivity index is 1.73. The number of nitrogens with zero attached hydrogens (tertiary/aromatic N) is 4. The van der Waals surface area contributed by atoms with Gasteiger partial charge in [-0.25, -0.2) is 9.59 Å². The Kier molecular flexibility index (Phi) is 14.8. The van der Waals surface area contributed by atoms with Crippen molar-refractivity contribution in [1.82, 2.24) is 20.0 Å². The van der Waals surface area contributed by atoms with Crippen LogP contribution in [0.2, 0.25) is 0 Å². The SMILES string of the molecule is C=C(CCNC(=O)N(C)c1ccccc1NC(C)C)CN(CCCOC(=O)N1CCN(CCO)CC1)C(C)CC. The summed E-state index contributed by atoms with van der Waals surface area (Å²) in [6.07, 6.45) is 2.19. The molecule has 0 bridgehead atoms. The number of rotatable bonds is 16. The van der Waals surface area contributed by atoms with Crippen LogP contribution in [0.5, 0.6) is 0 Å². The summed E-state index contributed by atoms with van der Waals surface area (Å²) in [6, 6.07) is 8.28. The van der Waals surface area contributed by atoms with Gasteiger partial charge in [0.15, 0.2) is 0 Å². The van der Waals surface area contributed by atoms with Crippen molar-refractivity contribution >= 4 is 23.5 Å². The Labute approximate surface area is 241 Å². The Morgan fingerprint density at radius 1 is 1.15 bits per heavy atom. The first-order chi connectivity index (χ1) is 19.2. The second kappa shape index (κ2) is 17.8. The fraction of sp³-hybridized carbons (Fsp3) is 0.667. The third kappa shape index (κ3) is 11.3. The number of hydrogen-bond donors (Lipinski definition) is 3. The summed E-state index contributed by atoms with van der Waals surface area (Å²) >= 11 is 0. The average molecular weight is 561 g/mol. The van der Waals surface area contributed by atoms with Crippen LogP contribution in [0.1, 0.15) is 47.0 Å². The Morgan fingerprint density at radius 2 is 1.85 bits per heavy atom. The van der Waals surface area contributed by atoms with Gasteiger partial charge in [-0.3, -0.25) is 14.7 Å². The molecule has 226 valence electrons. The maximum atomic E-state index is 12.8. The highest BCUT2D eigenvalue weighted by Gasteiger charge is 2.22. The van der Waals surface area contributed by atoms with Gasteiger partial charge >= 0.3 is 12.1 Å². The van der Waals surface area contributed by atoms with Crippen molar-refractivity contribution in [2.24, 2.45) is 0 Å². The van der Waals surface area contributed by atoms with E-state index >= 15 is 0 Å². The first kappa shape index (κ1) is 33.4. The zero-order chi connectivity index (χ0) is 29.5. The van der Waals surface area contributed by atoms with Gasteiger partial charge in [-0.05, 0) is 52.2 Å². The van der Waals surface area contributed by atoms with Gasteiger partial charge in [0.1, 0.15) is 0 Å². The number of urea groups is 1. The third-order valence-corrected chi connectivity index (χ3v) is 7.27. The number of nitrogens with one attached hydrogen (secondary N) is 2.